The molecule has 1 heterocycles. The lowest BCUT2D eigenvalue weighted by atomic mass is 9.81. The van der Waals surface area contributed by atoms with E-state index >= 15 is 0 Å². The van der Waals surface area contributed by atoms with Gasteiger partial charge in [0.05, 0.1) is 5.69 Å². The standard InChI is InChI=1S/C55H39NO/c1-55(2)49-25-9-8-22-46(49)47-24-12-26-50(53(47)55)56(42-31-28-37(29-32-42)40-18-10-17-39(34-40)36-14-4-3-5-15-36)43-20-11-19-41(35-43)44-23-13-27-51-52(44)48-33-30-38-16-6-7-21-45(38)54(48)57-51/h3-35H,1-2H3. The van der Waals surface area contributed by atoms with Gasteiger partial charge < -0.3 is 9.32 Å². The first kappa shape index (κ1) is 33.2. The predicted octanol–water partition coefficient (Wildman–Crippen LogP) is 15.5. The summed E-state index contributed by atoms with van der Waals surface area (Å²) in [6, 6.07) is 72.6. The molecule has 0 fully saturated rings. The first-order chi connectivity index (χ1) is 28.0. The summed E-state index contributed by atoms with van der Waals surface area (Å²) in [6.45, 7) is 4.74. The highest BCUT2D eigenvalue weighted by Crippen LogP contribution is 2.54. The maximum Gasteiger partial charge on any atom is 0.143 e. The summed E-state index contributed by atoms with van der Waals surface area (Å²) in [5.41, 5.74) is 17.4. The van der Waals surface area contributed by atoms with Gasteiger partial charge in [0.2, 0.25) is 0 Å². The van der Waals surface area contributed by atoms with Gasteiger partial charge in [-0.1, -0.05) is 166 Å². The highest BCUT2D eigenvalue weighted by Gasteiger charge is 2.38. The predicted molar refractivity (Wildman–Crippen MR) is 240 cm³/mol. The summed E-state index contributed by atoms with van der Waals surface area (Å²) < 4.78 is 6.62. The van der Waals surface area contributed by atoms with Gasteiger partial charge >= 0.3 is 0 Å². The summed E-state index contributed by atoms with van der Waals surface area (Å²) in [5.74, 6) is 0. The van der Waals surface area contributed by atoms with Crippen LogP contribution in [0.3, 0.4) is 0 Å². The number of hydrogen-bond acceptors (Lipinski definition) is 2. The van der Waals surface area contributed by atoms with E-state index in [1.807, 2.05) is 0 Å². The van der Waals surface area contributed by atoms with Gasteiger partial charge in [0, 0.05) is 32.9 Å². The second kappa shape index (κ2) is 13.0. The third kappa shape index (κ3) is 5.33. The Morgan fingerprint density at radius 2 is 1.07 bits per heavy atom. The van der Waals surface area contributed by atoms with Crippen LogP contribution in [0.1, 0.15) is 25.0 Å². The monoisotopic (exact) mass is 729 g/mol. The van der Waals surface area contributed by atoms with Crippen LogP contribution in [0.15, 0.2) is 205 Å². The SMILES string of the molecule is CC1(C)c2ccccc2-c2cccc(N(c3ccc(-c4cccc(-c5ccccc5)c4)cc3)c3cccc(-c4cccc5oc6c7ccccc7ccc6c45)c3)c21. The van der Waals surface area contributed by atoms with Crippen LogP contribution in [0, 0.1) is 0 Å². The zero-order chi connectivity index (χ0) is 38.1. The Morgan fingerprint density at radius 3 is 1.93 bits per heavy atom. The molecule has 9 aromatic carbocycles. The van der Waals surface area contributed by atoms with E-state index in [0.717, 1.165) is 49.8 Å². The van der Waals surface area contributed by atoms with Crippen LogP contribution < -0.4 is 4.90 Å². The van der Waals surface area contributed by atoms with Crippen molar-refractivity contribution in [2.45, 2.75) is 19.3 Å². The molecule has 0 aliphatic heterocycles. The summed E-state index contributed by atoms with van der Waals surface area (Å²) >= 11 is 0. The highest BCUT2D eigenvalue weighted by atomic mass is 16.3. The van der Waals surface area contributed by atoms with Gasteiger partial charge in [0.25, 0.3) is 0 Å². The molecule has 0 bridgehead atoms. The number of hydrogen-bond donors (Lipinski definition) is 0. The average Bonchev–Trinajstić information content (AvgIpc) is 3.77. The van der Waals surface area contributed by atoms with Crippen molar-refractivity contribution in [3.05, 3.63) is 211 Å². The van der Waals surface area contributed by atoms with E-state index in [-0.39, 0.29) is 5.41 Å². The summed E-state index contributed by atoms with van der Waals surface area (Å²) in [7, 11) is 0. The molecule has 2 nitrogen and oxygen atoms in total. The molecule has 1 aliphatic carbocycles. The molecule has 0 atom stereocenters. The van der Waals surface area contributed by atoms with E-state index in [1.165, 1.54) is 55.6 Å². The molecule has 11 rings (SSSR count). The smallest absolute Gasteiger partial charge is 0.143 e. The fraction of sp³-hybridized carbons (Fsp3) is 0.0545. The van der Waals surface area contributed by atoms with Crippen LogP contribution in [0.4, 0.5) is 17.1 Å². The Hall–Kier alpha value is -7.16. The number of anilines is 3. The second-order valence-corrected chi connectivity index (χ2v) is 15.7. The molecule has 2 heteroatoms. The lowest BCUT2D eigenvalue weighted by molar-refractivity contribution is 0.661. The Balaban J connectivity index is 1.08. The van der Waals surface area contributed by atoms with Gasteiger partial charge in [-0.25, -0.2) is 0 Å². The maximum atomic E-state index is 6.62. The van der Waals surface area contributed by atoms with E-state index in [0.29, 0.717) is 0 Å². The van der Waals surface area contributed by atoms with Crippen LogP contribution in [-0.2, 0) is 5.41 Å². The second-order valence-electron chi connectivity index (χ2n) is 15.7. The molecule has 0 spiro atoms. The van der Waals surface area contributed by atoms with Crippen LogP contribution in [0.25, 0.3) is 77.2 Å². The van der Waals surface area contributed by atoms with Crippen LogP contribution in [0.5, 0.6) is 0 Å². The maximum absolute atomic E-state index is 6.62. The molecular weight excluding hydrogens is 691 g/mol. The van der Waals surface area contributed by atoms with Gasteiger partial charge in [-0.05, 0) is 110 Å². The van der Waals surface area contributed by atoms with Crippen molar-refractivity contribution in [1.29, 1.82) is 0 Å². The lowest BCUT2D eigenvalue weighted by Gasteiger charge is -2.32. The molecule has 0 unspecified atom stereocenters. The molecule has 57 heavy (non-hydrogen) atoms. The van der Waals surface area contributed by atoms with Crippen LogP contribution in [0.2, 0.25) is 0 Å². The molecular formula is C55H39NO. The molecule has 1 aromatic heterocycles. The van der Waals surface area contributed by atoms with Crippen molar-refractivity contribution in [3.8, 4) is 44.5 Å². The Bertz CT molecular complexity index is 3150. The van der Waals surface area contributed by atoms with Gasteiger partial charge in [-0.15, -0.1) is 0 Å². The number of benzene rings is 9. The average molecular weight is 730 g/mol. The third-order valence-electron chi connectivity index (χ3n) is 12.0. The largest absolute Gasteiger partial charge is 0.455 e. The number of fused-ring (bicyclic) bond motifs is 8. The molecule has 0 amide bonds. The number of rotatable bonds is 6. The van der Waals surface area contributed by atoms with E-state index in [2.05, 4.69) is 219 Å². The lowest BCUT2D eigenvalue weighted by Crippen LogP contribution is -2.20. The Labute approximate surface area is 332 Å². The number of furan rings is 1. The van der Waals surface area contributed by atoms with Crippen LogP contribution in [-0.4, -0.2) is 0 Å². The van der Waals surface area contributed by atoms with Crippen molar-refractivity contribution >= 4 is 49.8 Å². The van der Waals surface area contributed by atoms with Gasteiger partial charge in [-0.3, -0.25) is 0 Å². The Kier molecular flexibility index (Phi) is 7.55. The topological polar surface area (TPSA) is 16.4 Å². The minimum absolute atomic E-state index is 0.194. The normalized spacial score (nSPS) is 12.9. The van der Waals surface area contributed by atoms with Gasteiger partial charge in [0.15, 0.2) is 0 Å². The molecule has 0 saturated heterocycles. The minimum Gasteiger partial charge on any atom is -0.455 e. The first-order valence-corrected chi connectivity index (χ1v) is 19.8. The molecule has 0 saturated carbocycles. The van der Waals surface area contributed by atoms with Crippen molar-refractivity contribution in [2.75, 3.05) is 4.90 Å². The Morgan fingerprint density at radius 1 is 0.421 bits per heavy atom. The number of nitrogens with zero attached hydrogens (tertiary/aromatic N) is 1. The van der Waals surface area contributed by atoms with Crippen molar-refractivity contribution < 1.29 is 4.42 Å². The molecule has 0 N–H and O–H groups in total. The molecule has 270 valence electrons. The van der Waals surface area contributed by atoms with Crippen LogP contribution >= 0.6 is 0 Å². The quantitative estimate of drug-likeness (QED) is 0.169. The highest BCUT2D eigenvalue weighted by molar-refractivity contribution is 6.19. The molecule has 0 radical (unpaired) electrons. The fourth-order valence-corrected chi connectivity index (χ4v) is 9.35. The summed E-state index contributed by atoms with van der Waals surface area (Å²) in [5, 5.41) is 4.59. The van der Waals surface area contributed by atoms with Gasteiger partial charge in [0.1, 0.15) is 11.2 Å². The first-order valence-electron chi connectivity index (χ1n) is 19.8. The fourth-order valence-electron chi connectivity index (χ4n) is 9.35. The summed E-state index contributed by atoms with van der Waals surface area (Å²) in [4.78, 5) is 2.46. The van der Waals surface area contributed by atoms with E-state index in [4.69, 9.17) is 4.42 Å². The molecule has 1 aliphatic rings. The van der Waals surface area contributed by atoms with E-state index in [9.17, 15) is 0 Å². The third-order valence-corrected chi connectivity index (χ3v) is 12.0. The van der Waals surface area contributed by atoms with E-state index in [1.54, 1.807) is 0 Å². The summed E-state index contributed by atoms with van der Waals surface area (Å²) in [6.07, 6.45) is 0. The van der Waals surface area contributed by atoms with Gasteiger partial charge in [-0.2, -0.15) is 0 Å². The van der Waals surface area contributed by atoms with Crippen molar-refractivity contribution in [2.24, 2.45) is 0 Å². The van der Waals surface area contributed by atoms with Crippen molar-refractivity contribution in [1.82, 2.24) is 0 Å². The van der Waals surface area contributed by atoms with Crippen molar-refractivity contribution in [3.63, 3.8) is 0 Å². The van der Waals surface area contributed by atoms with E-state index < -0.39 is 0 Å². The minimum atomic E-state index is -0.194. The zero-order valence-electron chi connectivity index (χ0n) is 31.9. The zero-order valence-corrected chi connectivity index (χ0v) is 31.9. The molecule has 10 aromatic rings.